The Bertz CT molecular complexity index is 974. The Hall–Kier alpha value is -2.39. The lowest BCUT2D eigenvalue weighted by atomic mass is 9.89. The van der Waals surface area contributed by atoms with E-state index in [0.29, 0.717) is 35.3 Å². The van der Waals surface area contributed by atoms with Gasteiger partial charge in [-0.3, -0.25) is 14.4 Å². The number of aromatic nitrogens is 2. The molecule has 174 valence electrons. The monoisotopic (exact) mass is 450 g/mol. The number of hydrogen-bond acceptors (Lipinski definition) is 4. The van der Waals surface area contributed by atoms with Crippen LogP contribution in [0, 0.1) is 0 Å². The summed E-state index contributed by atoms with van der Waals surface area (Å²) < 4.78 is 46.5. The van der Waals surface area contributed by atoms with Gasteiger partial charge < -0.3 is 10.1 Å². The number of carbonyl (C=O) groups excluding carboxylic acids is 1. The molecular formula is C23H29F3N4O2. The number of amides is 1. The minimum atomic E-state index is -4.43. The Morgan fingerprint density at radius 3 is 2.66 bits per heavy atom. The second-order valence-corrected chi connectivity index (χ2v) is 8.75. The van der Waals surface area contributed by atoms with Gasteiger partial charge in [0.05, 0.1) is 41.9 Å². The molecule has 0 bridgehead atoms. The first-order valence-electron chi connectivity index (χ1n) is 11.0. The largest absolute Gasteiger partial charge is 0.416 e. The highest BCUT2D eigenvalue weighted by atomic mass is 19.4. The molecule has 4 rings (SSSR count). The summed E-state index contributed by atoms with van der Waals surface area (Å²) in [6, 6.07) is 4.10. The van der Waals surface area contributed by atoms with Crippen molar-refractivity contribution in [2.24, 2.45) is 7.05 Å². The lowest BCUT2D eigenvalue weighted by molar-refractivity contribution is -0.137. The van der Waals surface area contributed by atoms with Crippen molar-refractivity contribution in [1.82, 2.24) is 20.0 Å². The Labute approximate surface area is 185 Å². The fourth-order valence-electron chi connectivity index (χ4n) is 4.76. The smallest absolute Gasteiger partial charge is 0.374 e. The Balaban J connectivity index is 1.28. The molecule has 1 aliphatic carbocycles. The van der Waals surface area contributed by atoms with Crippen LogP contribution in [0.4, 0.5) is 13.2 Å². The van der Waals surface area contributed by atoms with Crippen LogP contribution >= 0.6 is 0 Å². The van der Waals surface area contributed by atoms with Crippen molar-refractivity contribution in [1.29, 1.82) is 0 Å². The normalized spacial score (nSPS) is 22.6. The zero-order chi connectivity index (χ0) is 22.9. The van der Waals surface area contributed by atoms with Gasteiger partial charge in [0.1, 0.15) is 0 Å². The maximum Gasteiger partial charge on any atom is 0.416 e. The van der Waals surface area contributed by atoms with Gasteiger partial charge in [-0.05, 0) is 43.9 Å². The van der Waals surface area contributed by atoms with E-state index in [1.165, 1.54) is 10.7 Å². The molecule has 9 heteroatoms. The lowest BCUT2D eigenvalue weighted by Gasteiger charge is -2.46. The van der Waals surface area contributed by atoms with Crippen LogP contribution in [0.25, 0.3) is 10.9 Å². The molecule has 1 aromatic carbocycles. The van der Waals surface area contributed by atoms with Gasteiger partial charge in [0.2, 0.25) is 5.91 Å². The first-order valence-corrected chi connectivity index (χ1v) is 11.0. The summed E-state index contributed by atoms with van der Waals surface area (Å²) >= 11 is 0. The minimum Gasteiger partial charge on any atom is -0.374 e. The first-order chi connectivity index (χ1) is 15.2. The van der Waals surface area contributed by atoms with E-state index in [1.807, 2.05) is 0 Å². The molecule has 2 heterocycles. The van der Waals surface area contributed by atoms with E-state index in [-0.39, 0.29) is 18.4 Å². The average molecular weight is 451 g/mol. The number of hydrogen-bond donors (Lipinski definition) is 1. The predicted octanol–water partition coefficient (Wildman–Crippen LogP) is 3.45. The van der Waals surface area contributed by atoms with Crippen LogP contribution in [0.5, 0.6) is 0 Å². The zero-order valence-electron chi connectivity index (χ0n) is 18.2. The summed E-state index contributed by atoms with van der Waals surface area (Å²) in [5.41, 5.74) is 0.197. The molecule has 0 unspecified atom stereocenters. The SMILES string of the molecule is C=CCOC1CCC(N2CC(NC(=O)Cc3nn(C)c4ccc(C(F)(F)F)cc34)C2)CC1. The number of likely N-dealkylation sites (tertiary alicyclic amines) is 1. The summed E-state index contributed by atoms with van der Waals surface area (Å²) in [6.07, 6.45) is 1.87. The molecule has 0 spiro atoms. The van der Waals surface area contributed by atoms with E-state index in [0.717, 1.165) is 50.9 Å². The lowest BCUT2D eigenvalue weighted by Crippen LogP contribution is -2.62. The number of carbonyl (C=O) groups is 1. The van der Waals surface area contributed by atoms with Gasteiger partial charge in [0.15, 0.2) is 0 Å². The standard InChI is InChI=1S/C23H29F3N4O2/c1-3-10-32-18-7-5-17(6-8-18)30-13-16(14-30)27-22(31)12-20-19-11-15(23(24,25)26)4-9-21(19)29(2)28-20/h3-4,9,11,16-18H,1,5-8,10,12-14H2,2H3,(H,27,31). The highest BCUT2D eigenvalue weighted by Crippen LogP contribution is 2.32. The van der Waals surface area contributed by atoms with E-state index in [2.05, 4.69) is 21.9 Å². The van der Waals surface area contributed by atoms with E-state index in [1.54, 1.807) is 13.1 Å². The molecule has 1 saturated carbocycles. The number of fused-ring (bicyclic) bond motifs is 1. The maximum atomic E-state index is 13.1. The van der Waals surface area contributed by atoms with Crippen molar-refractivity contribution in [3.05, 3.63) is 42.1 Å². The van der Waals surface area contributed by atoms with Crippen molar-refractivity contribution < 1.29 is 22.7 Å². The van der Waals surface area contributed by atoms with Gasteiger partial charge in [-0.25, -0.2) is 0 Å². The quantitative estimate of drug-likeness (QED) is 0.657. The minimum absolute atomic E-state index is 0.0408. The third kappa shape index (κ3) is 4.99. The Kier molecular flexibility index (Phi) is 6.57. The topological polar surface area (TPSA) is 59.4 Å². The van der Waals surface area contributed by atoms with E-state index in [9.17, 15) is 18.0 Å². The summed E-state index contributed by atoms with van der Waals surface area (Å²) in [4.78, 5) is 14.9. The molecule has 2 aromatic rings. The third-order valence-electron chi connectivity index (χ3n) is 6.47. The number of ether oxygens (including phenoxy) is 1. The molecule has 0 radical (unpaired) electrons. The first kappa shape index (κ1) is 22.8. The van der Waals surface area contributed by atoms with Gasteiger partial charge in [0, 0.05) is 31.6 Å². The van der Waals surface area contributed by atoms with Crippen LogP contribution in [0.1, 0.15) is 36.9 Å². The molecule has 2 aliphatic rings. The fraction of sp³-hybridized carbons (Fsp3) is 0.565. The number of benzene rings is 1. The van der Waals surface area contributed by atoms with Gasteiger partial charge >= 0.3 is 6.18 Å². The van der Waals surface area contributed by atoms with E-state index < -0.39 is 11.7 Å². The molecule has 1 saturated heterocycles. The summed E-state index contributed by atoms with van der Waals surface area (Å²) in [5.74, 6) is -0.214. The van der Waals surface area contributed by atoms with Gasteiger partial charge in [-0.2, -0.15) is 18.3 Å². The van der Waals surface area contributed by atoms with Crippen LogP contribution in [-0.2, 0) is 29.2 Å². The van der Waals surface area contributed by atoms with Crippen LogP contribution in [0.2, 0.25) is 0 Å². The van der Waals surface area contributed by atoms with E-state index >= 15 is 0 Å². The molecule has 1 aromatic heterocycles. The van der Waals surface area contributed by atoms with Crippen LogP contribution in [0.15, 0.2) is 30.9 Å². The average Bonchev–Trinajstić information content (AvgIpc) is 3.03. The van der Waals surface area contributed by atoms with Gasteiger partial charge in [0.25, 0.3) is 0 Å². The van der Waals surface area contributed by atoms with Crippen LogP contribution in [0.3, 0.4) is 0 Å². The second-order valence-electron chi connectivity index (χ2n) is 8.75. The highest BCUT2D eigenvalue weighted by molar-refractivity contribution is 5.88. The fourth-order valence-corrected chi connectivity index (χ4v) is 4.76. The number of nitrogens with zero attached hydrogens (tertiary/aromatic N) is 3. The van der Waals surface area contributed by atoms with Crippen LogP contribution < -0.4 is 5.32 Å². The van der Waals surface area contributed by atoms with Crippen molar-refractivity contribution in [3.8, 4) is 0 Å². The number of alkyl halides is 3. The maximum absolute atomic E-state index is 13.1. The number of nitrogens with one attached hydrogen (secondary N) is 1. The van der Waals surface area contributed by atoms with Gasteiger partial charge in [-0.15, -0.1) is 6.58 Å². The van der Waals surface area contributed by atoms with Crippen molar-refractivity contribution in [2.45, 2.75) is 56.5 Å². The molecule has 0 atom stereocenters. The zero-order valence-corrected chi connectivity index (χ0v) is 18.2. The summed E-state index contributed by atoms with van der Waals surface area (Å²) in [6.45, 7) is 5.88. The van der Waals surface area contributed by atoms with Crippen molar-refractivity contribution >= 4 is 16.8 Å². The molecular weight excluding hydrogens is 421 g/mol. The Morgan fingerprint density at radius 1 is 1.28 bits per heavy atom. The molecule has 1 N–H and O–H groups in total. The molecule has 1 amide bonds. The number of rotatable bonds is 7. The van der Waals surface area contributed by atoms with E-state index in [4.69, 9.17) is 4.74 Å². The Morgan fingerprint density at radius 2 is 2.00 bits per heavy atom. The van der Waals surface area contributed by atoms with Crippen molar-refractivity contribution in [2.75, 3.05) is 19.7 Å². The predicted molar refractivity (Wildman–Crippen MR) is 115 cm³/mol. The number of halogens is 3. The second kappa shape index (κ2) is 9.23. The third-order valence-corrected chi connectivity index (χ3v) is 6.47. The summed E-state index contributed by atoms with van der Waals surface area (Å²) in [7, 11) is 1.66. The molecule has 1 aliphatic heterocycles. The molecule has 6 nitrogen and oxygen atoms in total. The molecule has 32 heavy (non-hydrogen) atoms. The van der Waals surface area contributed by atoms with Crippen LogP contribution in [-0.4, -0.2) is 58.5 Å². The van der Waals surface area contributed by atoms with Crippen molar-refractivity contribution in [3.63, 3.8) is 0 Å². The number of aryl methyl sites for hydroxylation is 1. The van der Waals surface area contributed by atoms with Gasteiger partial charge in [-0.1, -0.05) is 6.08 Å². The highest BCUT2D eigenvalue weighted by Gasteiger charge is 2.35. The molecule has 2 fully saturated rings. The summed E-state index contributed by atoms with van der Waals surface area (Å²) in [5, 5.41) is 7.65.